The van der Waals surface area contributed by atoms with Gasteiger partial charge in [0.25, 0.3) is 0 Å². The van der Waals surface area contributed by atoms with Gasteiger partial charge in [-0.05, 0) is 31.3 Å². The van der Waals surface area contributed by atoms with E-state index in [9.17, 15) is 0 Å². The van der Waals surface area contributed by atoms with Gasteiger partial charge in [-0.25, -0.2) is 0 Å². The molecule has 166 valence electrons. The Bertz CT molecular complexity index is 732. The highest BCUT2D eigenvalue weighted by atomic mass is 15.0. The molecule has 0 fully saturated rings. The van der Waals surface area contributed by atoms with Crippen molar-refractivity contribution in [1.29, 1.82) is 0 Å². The van der Waals surface area contributed by atoms with Crippen molar-refractivity contribution in [3.63, 3.8) is 0 Å². The summed E-state index contributed by atoms with van der Waals surface area (Å²) in [6.45, 7) is 17.0. The van der Waals surface area contributed by atoms with Crippen molar-refractivity contribution in [3.05, 3.63) is 78.5 Å². The van der Waals surface area contributed by atoms with Gasteiger partial charge in [0.2, 0.25) is 0 Å². The zero-order chi connectivity index (χ0) is 23.4. The second-order valence-electron chi connectivity index (χ2n) is 5.70. The number of benzene rings is 2. The van der Waals surface area contributed by atoms with E-state index in [2.05, 4.69) is 78.6 Å². The lowest BCUT2D eigenvalue weighted by Gasteiger charge is -2.12. The summed E-state index contributed by atoms with van der Waals surface area (Å²) >= 11 is 0. The first-order valence-electron chi connectivity index (χ1n) is 11.5. The maximum atomic E-state index is 4.61. The zero-order valence-electron chi connectivity index (χ0n) is 21.0. The minimum Gasteiger partial charge on any atom is -0.305 e. The van der Waals surface area contributed by atoms with Gasteiger partial charge in [0, 0.05) is 23.9 Å². The summed E-state index contributed by atoms with van der Waals surface area (Å²) in [4.78, 5) is 6.78. The smallest absolute Gasteiger partial charge is 0.0780 e. The molecule has 2 nitrogen and oxygen atoms in total. The van der Waals surface area contributed by atoms with Crippen molar-refractivity contribution in [1.82, 2.24) is 9.88 Å². The fourth-order valence-electron chi connectivity index (χ4n) is 2.62. The molecular formula is C28H44N2. The van der Waals surface area contributed by atoms with Gasteiger partial charge >= 0.3 is 0 Å². The topological polar surface area (TPSA) is 16.1 Å². The van der Waals surface area contributed by atoms with Crippen LogP contribution in [0.4, 0.5) is 0 Å². The predicted octanol–water partition coefficient (Wildman–Crippen LogP) is 8.58. The lowest BCUT2D eigenvalue weighted by Crippen LogP contribution is -2.10. The fraction of sp³-hybridized carbons (Fsp3) is 0.393. The molecule has 0 atom stereocenters. The number of pyridine rings is 1. The van der Waals surface area contributed by atoms with Crippen LogP contribution in [0.2, 0.25) is 0 Å². The van der Waals surface area contributed by atoms with Gasteiger partial charge in [-0.1, -0.05) is 116 Å². The molecule has 3 aromatic rings. The van der Waals surface area contributed by atoms with E-state index in [1.54, 1.807) is 0 Å². The Morgan fingerprint density at radius 1 is 0.600 bits per heavy atom. The molecule has 1 aromatic heterocycles. The van der Waals surface area contributed by atoms with Gasteiger partial charge in [-0.15, -0.1) is 0 Å². The molecule has 0 aliphatic heterocycles. The highest BCUT2D eigenvalue weighted by molar-refractivity contribution is 5.80. The third kappa shape index (κ3) is 10.4. The van der Waals surface area contributed by atoms with Crippen LogP contribution in [0.3, 0.4) is 0 Å². The lowest BCUT2D eigenvalue weighted by molar-refractivity contribution is 0.402. The number of hydrogen-bond acceptors (Lipinski definition) is 2. The van der Waals surface area contributed by atoms with Gasteiger partial charge in [0.05, 0.1) is 5.69 Å². The maximum absolute atomic E-state index is 4.61. The minimum absolute atomic E-state index is 0.952. The molecule has 0 amide bonds. The molecule has 0 saturated heterocycles. The van der Waals surface area contributed by atoms with E-state index in [1.165, 1.54) is 16.7 Å². The Kier molecular flexibility index (Phi) is 19.7. The maximum Gasteiger partial charge on any atom is 0.0780 e. The van der Waals surface area contributed by atoms with Crippen LogP contribution >= 0.6 is 0 Å². The van der Waals surface area contributed by atoms with Crippen molar-refractivity contribution >= 4 is 0 Å². The van der Waals surface area contributed by atoms with Crippen molar-refractivity contribution in [3.8, 4) is 22.4 Å². The quantitative estimate of drug-likeness (QED) is 0.429. The molecule has 0 aliphatic carbocycles. The fourth-order valence-corrected chi connectivity index (χ4v) is 2.62. The van der Waals surface area contributed by atoms with E-state index >= 15 is 0 Å². The van der Waals surface area contributed by atoms with Crippen LogP contribution < -0.4 is 0 Å². The second-order valence-corrected chi connectivity index (χ2v) is 5.70. The van der Waals surface area contributed by atoms with Crippen LogP contribution in [0, 0.1) is 0 Å². The van der Waals surface area contributed by atoms with Crippen LogP contribution in [0.15, 0.2) is 72.9 Å². The first-order valence-corrected chi connectivity index (χ1v) is 11.5. The molecule has 0 aliphatic rings. The third-order valence-electron chi connectivity index (χ3n) is 3.62. The normalized spacial score (nSPS) is 8.77. The predicted molar refractivity (Wildman–Crippen MR) is 138 cm³/mol. The molecule has 0 N–H and O–H groups in total. The summed E-state index contributed by atoms with van der Waals surface area (Å²) in [5.41, 5.74) is 5.87. The first kappa shape index (κ1) is 29.7. The highest BCUT2D eigenvalue weighted by Gasteiger charge is 2.08. The van der Waals surface area contributed by atoms with Crippen molar-refractivity contribution in [2.24, 2.45) is 0 Å². The monoisotopic (exact) mass is 408 g/mol. The van der Waals surface area contributed by atoms with Crippen molar-refractivity contribution in [2.45, 2.75) is 61.9 Å². The van der Waals surface area contributed by atoms with Crippen LogP contribution in [0.25, 0.3) is 22.4 Å². The summed E-state index contributed by atoms with van der Waals surface area (Å²) in [7, 11) is 4.17. The standard InChI is InChI=1S/C20H20N2.4C2H6/c1-22(2)15-16-10-12-18(13-11-16)20-19(9-6-14-21-20)17-7-4-3-5-8-17;4*1-2/h3-14H,15H2,1-2H3;4*1-2H3. The Balaban J connectivity index is 0. The molecule has 2 aromatic carbocycles. The van der Waals surface area contributed by atoms with Crippen molar-refractivity contribution in [2.75, 3.05) is 14.1 Å². The Morgan fingerprint density at radius 2 is 1.13 bits per heavy atom. The van der Waals surface area contributed by atoms with Gasteiger partial charge in [0.15, 0.2) is 0 Å². The molecule has 0 bridgehead atoms. The SMILES string of the molecule is CC.CC.CC.CC.CN(C)Cc1ccc(-c2ncccc2-c2ccccc2)cc1. The summed E-state index contributed by atoms with van der Waals surface area (Å²) in [6.07, 6.45) is 1.86. The summed E-state index contributed by atoms with van der Waals surface area (Å²) in [6, 6.07) is 23.2. The average molecular weight is 409 g/mol. The first-order chi connectivity index (χ1) is 14.7. The Hall–Kier alpha value is -2.45. The molecule has 0 spiro atoms. The van der Waals surface area contributed by atoms with E-state index in [4.69, 9.17) is 0 Å². The molecular weight excluding hydrogens is 364 g/mol. The Morgan fingerprint density at radius 3 is 1.63 bits per heavy atom. The number of nitrogens with zero attached hydrogens (tertiary/aromatic N) is 2. The van der Waals surface area contributed by atoms with Crippen LogP contribution in [-0.4, -0.2) is 24.0 Å². The second kappa shape index (κ2) is 19.8. The number of rotatable bonds is 4. The van der Waals surface area contributed by atoms with Gasteiger partial charge < -0.3 is 4.90 Å². The average Bonchev–Trinajstić information content (AvgIpc) is 2.85. The zero-order valence-corrected chi connectivity index (χ0v) is 21.0. The van der Waals surface area contributed by atoms with Crippen molar-refractivity contribution < 1.29 is 0 Å². The van der Waals surface area contributed by atoms with Gasteiger partial charge in [-0.2, -0.15) is 0 Å². The van der Waals surface area contributed by atoms with E-state index in [0.29, 0.717) is 0 Å². The van der Waals surface area contributed by atoms with E-state index < -0.39 is 0 Å². The summed E-state index contributed by atoms with van der Waals surface area (Å²) in [5, 5.41) is 0. The number of hydrogen-bond donors (Lipinski definition) is 0. The van der Waals surface area contributed by atoms with Gasteiger partial charge in [-0.3, -0.25) is 4.98 Å². The van der Waals surface area contributed by atoms with E-state index in [1.807, 2.05) is 73.7 Å². The highest BCUT2D eigenvalue weighted by Crippen LogP contribution is 2.30. The summed E-state index contributed by atoms with van der Waals surface area (Å²) < 4.78 is 0. The van der Waals surface area contributed by atoms with Crippen LogP contribution in [0.1, 0.15) is 61.0 Å². The van der Waals surface area contributed by atoms with E-state index in [-0.39, 0.29) is 0 Å². The third-order valence-corrected chi connectivity index (χ3v) is 3.62. The van der Waals surface area contributed by atoms with Crippen LogP contribution in [0.5, 0.6) is 0 Å². The van der Waals surface area contributed by atoms with Gasteiger partial charge in [0.1, 0.15) is 0 Å². The molecule has 0 unspecified atom stereocenters. The van der Waals surface area contributed by atoms with E-state index in [0.717, 1.165) is 17.8 Å². The Labute approximate surface area is 187 Å². The molecule has 3 rings (SSSR count). The molecule has 0 radical (unpaired) electrons. The molecule has 1 heterocycles. The molecule has 2 heteroatoms. The largest absolute Gasteiger partial charge is 0.305 e. The molecule has 0 saturated carbocycles. The lowest BCUT2D eigenvalue weighted by atomic mass is 9.99. The minimum atomic E-state index is 0.952. The van der Waals surface area contributed by atoms with Crippen LogP contribution in [-0.2, 0) is 6.54 Å². The molecule has 30 heavy (non-hydrogen) atoms. The summed E-state index contributed by atoms with van der Waals surface area (Å²) in [5.74, 6) is 0. The number of aromatic nitrogens is 1.